The zero-order valence-corrected chi connectivity index (χ0v) is 8.02. The summed E-state index contributed by atoms with van der Waals surface area (Å²) in [5.74, 6) is 0.394. The smallest absolute Gasteiger partial charge is 0.390 e. The lowest BCUT2D eigenvalue weighted by Crippen LogP contribution is -2.04. The minimum absolute atomic E-state index is 0.0874. The van der Waals surface area contributed by atoms with Crippen molar-refractivity contribution < 1.29 is 4.92 Å². The van der Waals surface area contributed by atoms with Crippen molar-refractivity contribution in [3.8, 4) is 0 Å². The zero-order valence-electron chi connectivity index (χ0n) is 8.02. The third kappa shape index (κ3) is 2.05. The lowest BCUT2D eigenvalue weighted by atomic mass is 10.1. The Morgan fingerprint density at radius 1 is 1.69 bits per heavy atom. The average Bonchev–Trinajstić information content (AvgIpc) is 2.32. The molecule has 5 heteroatoms. The second-order valence-corrected chi connectivity index (χ2v) is 3.46. The van der Waals surface area contributed by atoms with E-state index in [0.717, 1.165) is 12.1 Å². The first kappa shape index (κ1) is 9.70. The first-order chi connectivity index (χ1) is 6.02. The van der Waals surface area contributed by atoms with Crippen molar-refractivity contribution in [1.82, 2.24) is 9.55 Å². The molecule has 0 saturated heterocycles. The molecule has 0 unspecified atom stereocenters. The van der Waals surface area contributed by atoms with Gasteiger partial charge < -0.3 is 10.1 Å². The maximum atomic E-state index is 10.4. The lowest BCUT2D eigenvalue weighted by Gasteiger charge is -2.01. The normalized spacial score (nSPS) is 10.8. The summed E-state index contributed by atoms with van der Waals surface area (Å²) in [4.78, 5) is 13.7. The van der Waals surface area contributed by atoms with Gasteiger partial charge >= 0.3 is 5.95 Å². The van der Waals surface area contributed by atoms with Crippen LogP contribution in [0, 0.1) is 16.0 Å². The molecule has 0 spiro atoms. The third-order valence-corrected chi connectivity index (χ3v) is 1.84. The van der Waals surface area contributed by atoms with E-state index < -0.39 is 4.92 Å². The highest BCUT2D eigenvalue weighted by Gasteiger charge is 2.17. The van der Waals surface area contributed by atoms with Crippen molar-refractivity contribution in [1.29, 1.82) is 0 Å². The van der Waals surface area contributed by atoms with Gasteiger partial charge in [0.1, 0.15) is 11.9 Å². The van der Waals surface area contributed by atoms with Crippen LogP contribution in [0.15, 0.2) is 6.20 Å². The van der Waals surface area contributed by atoms with Gasteiger partial charge in [0.15, 0.2) is 0 Å². The molecule has 0 saturated carbocycles. The summed E-state index contributed by atoms with van der Waals surface area (Å²) in [5, 5.41) is 10.4. The number of hydrogen-bond donors (Lipinski definition) is 0. The molecule has 0 fully saturated rings. The first-order valence-corrected chi connectivity index (χ1v) is 4.17. The Balaban J connectivity index is 2.93. The molecule has 0 aromatic carbocycles. The molecule has 0 atom stereocenters. The van der Waals surface area contributed by atoms with E-state index in [0.29, 0.717) is 5.92 Å². The molecule has 72 valence electrons. The van der Waals surface area contributed by atoms with Crippen molar-refractivity contribution in [2.75, 3.05) is 0 Å². The van der Waals surface area contributed by atoms with Gasteiger partial charge in [0.25, 0.3) is 0 Å². The van der Waals surface area contributed by atoms with E-state index in [1.807, 2.05) is 0 Å². The second-order valence-electron chi connectivity index (χ2n) is 3.46. The molecule has 0 aliphatic carbocycles. The van der Waals surface area contributed by atoms with Crippen molar-refractivity contribution in [3.63, 3.8) is 0 Å². The molecule has 0 aliphatic rings. The number of nitro groups is 1. The number of rotatable bonds is 3. The van der Waals surface area contributed by atoms with Crippen LogP contribution in [0.4, 0.5) is 5.95 Å². The monoisotopic (exact) mass is 183 g/mol. The van der Waals surface area contributed by atoms with Gasteiger partial charge in [-0.1, -0.05) is 18.8 Å². The molecule has 13 heavy (non-hydrogen) atoms. The number of hydrogen-bond acceptors (Lipinski definition) is 3. The molecule has 0 radical (unpaired) electrons. The van der Waals surface area contributed by atoms with Crippen LogP contribution in [0.25, 0.3) is 0 Å². The van der Waals surface area contributed by atoms with Gasteiger partial charge in [0.2, 0.25) is 0 Å². The minimum Gasteiger partial charge on any atom is -0.390 e. The SMILES string of the molecule is CC(C)Cc1cnc([N+](=O)[O-])n1C. The molecule has 1 aromatic heterocycles. The molecule has 0 amide bonds. The highest BCUT2D eigenvalue weighted by Crippen LogP contribution is 2.13. The topological polar surface area (TPSA) is 61.0 Å². The third-order valence-electron chi connectivity index (χ3n) is 1.84. The van der Waals surface area contributed by atoms with Gasteiger partial charge in [-0.25, -0.2) is 4.57 Å². The van der Waals surface area contributed by atoms with Gasteiger partial charge in [0.05, 0.1) is 7.05 Å². The molecular formula is C8H13N3O2. The molecule has 5 nitrogen and oxygen atoms in total. The lowest BCUT2D eigenvalue weighted by molar-refractivity contribution is -0.396. The van der Waals surface area contributed by atoms with E-state index in [1.54, 1.807) is 13.2 Å². The molecular weight excluding hydrogens is 170 g/mol. The standard InChI is InChI=1S/C8H13N3O2/c1-6(2)4-7-5-9-8(10(7)3)11(12)13/h5-6H,4H2,1-3H3. The highest BCUT2D eigenvalue weighted by atomic mass is 16.6. The van der Waals surface area contributed by atoms with Gasteiger partial charge in [-0.15, -0.1) is 0 Å². The maximum absolute atomic E-state index is 10.4. The van der Waals surface area contributed by atoms with E-state index in [1.165, 1.54) is 4.57 Å². The number of nitrogens with zero attached hydrogens (tertiary/aromatic N) is 3. The Kier molecular flexibility index (Phi) is 2.65. The van der Waals surface area contributed by atoms with Crippen LogP contribution < -0.4 is 0 Å². The van der Waals surface area contributed by atoms with E-state index in [4.69, 9.17) is 0 Å². The summed E-state index contributed by atoms with van der Waals surface area (Å²) in [5.41, 5.74) is 0.904. The van der Waals surface area contributed by atoms with Crippen LogP contribution >= 0.6 is 0 Å². The largest absolute Gasteiger partial charge is 0.434 e. The fourth-order valence-corrected chi connectivity index (χ4v) is 1.21. The van der Waals surface area contributed by atoms with Gasteiger partial charge in [-0.2, -0.15) is 0 Å². The Bertz CT molecular complexity index is 317. The highest BCUT2D eigenvalue weighted by molar-refractivity contribution is 5.14. The van der Waals surface area contributed by atoms with Crippen LogP contribution in [-0.2, 0) is 13.5 Å². The second kappa shape index (κ2) is 3.55. The zero-order chi connectivity index (χ0) is 10.0. The van der Waals surface area contributed by atoms with Crippen molar-refractivity contribution >= 4 is 5.95 Å². The molecule has 1 rings (SSSR count). The van der Waals surface area contributed by atoms with Crippen molar-refractivity contribution in [2.45, 2.75) is 20.3 Å². The molecule has 1 aromatic rings. The van der Waals surface area contributed by atoms with E-state index in [2.05, 4.69) is 18.8 Å². The van der Waals surface area contributed by atoms with Gasteiger partial charge in [-0.3, -0.25) is 0 Å². The van der Waals surface area contributed by atoms with Gasteiger partial charge in [-0.05, 0) is 10.8 Å². The quantitative estimate of drug-likeness (QED) is 0.527. The van der Waals surface area contributed by atoms with Crippen molar-refractivity contribution in [2.24, 2.45) is 13.0 Å². The minimum atomic E-state index is -0.468. The van der Waals surface area contributed by atoms with Crippen LogP contribution in [0.3, 0.4) is 0 Å². The van der Waals surface area contributed by atoms with Crippen LogP contribution in [0.2, 0.25) is 0 Å². The van der Waals surface area contributed by atoms with Crippen LogP contribution in [-0.4, -0.2) is 14.5 Å². The summed E-state index contributed by atoms with van der Waals surface area (Å²) >= 11 is 0. The van der Waals surface area contributed by atoms with Crippen molar-refractivity contribution in [3.05, 3.63) is 22.0 Å². The van der Waals surface area contributed by atoms with E-state index in [9.17, 15) is 10.1 Å². The summed E-state index contributed by atoms with van der Waals surface area (Å²) < 4.78 is 1.53. The Hall–Kier alpha value is -1.39. The summed E-state index contributed by atoms with van der Waals surface area (Å²) in [6.07, 6.45) is 2.38. The number of imidazole rings is 1. The summed E-state index contributed by atoms with van der Waals surface area (Å²) in [6.45, 7) is 4.14. The molecule has 0 N–H and O–H groups in total. The molecule has 0 aliphatic heterocycles. The van der Waals surface area contributed by atoms with Gasteiger partial charge in [0, 0.05) is 6.42 Å². The maximum Gasteiger partial charge on any atom is 0.434 e. The van der Waals surface area contributed by atoms with E-state index >= 15 is 0 Å². The van der Waals surface area contributed by atoms with Crippen LogP contribution in [0.1, 0.15) is 19.5 Å². The van der Waals surface area contributed by atoms with E-state index in [-0.39, 0.29) is 5.95 Å². The fraction of sp³-hybridized carbons (Fsp3) is 0.625. The molecule has 1 heterocycles. The Labute approximate surface area is 76.5 Å². The average molecular weight is 183 g/mol. The molecule has 0 bridgehead atoms. The number of aromatic nitrogens is 2. The van der Waals surface area contributed by atoms with Crippen LogP contribution in [0.5, 0.6) is 0 Å². The Morgan fingerprint density at radius 3 is 2.69 bits per heavy atom. The predicted molar refractivity (Wildman–Crippen MR) is 48.4 cm³/mol. The summed E-state index contributed by atoms with van der Waals surface area (Å²) in [7, 11) is 1.67. The first-order valence-electron chi connectivity index (χ1n) is 4.17. The Morgan fingerprint density at radius 2 is 2.31 bits per heavy atom. The summed E-state index contributed by atoms with van der Waals surface area (Å²) in [6, 6.07) is 0. The fourth-order valence-electron chi connectivity index (χ4n) is 1.21. The predicted octanol–water partition coefficient (Wildman–Crippen LogP) is 1.53.